The Morgan fingerprint density at radius 3 is 2.49 bits per heavy atom. The van der Waals surface area contributed by atoms with Crippen LogP contribution in [0, 0.1) is 0 Å². The number of fused-ring (bicyclic) bond motifs is 1. The molecule has 2 aromatic heterocycles. The van der Waals surface area contributed by atoms with Crippen LogP contribution in [0.3, 0.4) is 0 Å². The van der Waals surface area contributed by atoms with Crippen molar-refractivity contribution < 1.29 is 13.2 Å². The molecule has 2 aliphatic heterocycles. The number of aromatic nitrogens is 3. The van der Waals surface area contributed by atoms with Crippen LogP contribution in [0.4, 0.5) is 23.1 Å². The van der Waals surface area contributed by atoms with Crippen molar-refractivity contribution in [2.45, 2.75) is 49.4 Å². The number of H-pyrrole nitrogens is 1. The van der Waals surface area contributed by atoms with Gasteiger partial charge in [-0.15, -0.1) is 0 Å². The van der Waals surface area contributed by atoms with Crippen LogP contribution in [0.15, 0.2) is 59.6 Å². The lowest BCUT2D eigenvalue weighted by molar-refractivity contribution is 0.0982. The van der Waals surface area contributed by atoms with Gasteiger partial charge < -0.3 is 30.2 Å². The van der Waals surface area contributed by atoms with Gasteiger partial charge in [-0.05, 0) is 63.6 Å². The fraction of sp³-hybridized carbons (Fsp3) is 0.455. The molecular formula is C33H44N8O3S. The summed E-state index contributed by atoms with van der Waals surface area (Å²) >= 11 is 0. The molecule has 6 rings (SSSR count). The molecule has 2 saturated heterocycles. The summed E-state index contributed by atoms with van der Waals surface area (Å²) in [5, 5.41) is 6.18. The van der Waals surface area contributed by atoms with E-state index in [2.05, 4.69) is 49.5 Å². The fourth-order valence-corrected chi connectivity index (χ4v) is 7.55. The lowest BCUT2D eigenvalue weighted by Gasteiger charge is -2.42. The molecule has 12 heteroatoms. The number of hydrogen-bond acceptors (Lipinski definition) is 10. The van der Waals surface area contributed by atoms with Gasteiger partial charge in [0.1, 0.15) is 11.3 Å². The summed E-state index contributed by atoms with van der Waals surface area (Å²) in [6.07, 6.45) is 4.15. The van der Waals surface area contributed by atoms with Crippen molar-refractivity contribution in [2.75, 3.05) is 69.0 Å². The topological polar surface area (TPSA) is 119 Å². The average molecular weight is 633 g/mol. The van der Waals surface area contributed by atoms with Crippen LogP contribution < -0.4 is 20.3 Å². The first-order valence-corrected chi connectivity index (χ1v) is 17.3. The van der Waals surface area contributed by atoms with E-state index in [0.29, 0.717) is 34.0 Å². The molecule has 11 nitrogen and oxygen atoms in total. The van der Waals surface area contributed by atoms with Crippen LogP contribution in [0.5, 0.6) is 5.75 Å². The predicted octanol–water partition coefficient (Wildman–Crippen LogP) is 4.72. The Hall–Kier alpha value is -3.87. The molecule has 2 aliphatic rings. The second-order valence-corrected chi connectivity index (χ2v) is 14.7. The van der Waals surface area contributed by atoms with Crippen molar-refractivity contribution >= 4 is 44.0 Å². The molecule has 0 radical (unpaired) electrons. The van der Waals surface area contributed by atoms with Crippen LogP contribution in [0.2, 0.25) is 0 Å². The smallest absolute Gasteiger partial charge is 0.229 e. The average Bonchev–Trinajstić information content (AvgIpc) is 3.53. The minimum absolute atomic E-state index is 0.288. The van der Waals surface area contributed by atoms with E-state index in [4.69, 9.17) is 14.7 Å². The third-order valence-corrected chi connectivity index (χ3v) is 11.3. The molecule has 0 saturated carbocycles. The molecule has 4 aromatic rings. The molecule has 4 heterocycles. The minimum atomic E-state index is -3.44. The van der Waals surface area contributed by atoms with Crippen LogP contribution in [0.1, 0.15) is 32.3 Å². The lowest BCUT2D eigenvalue weighted by Crippen LogP contribution is -2.52. The van der Waals surface area contributed by atoms with Crippen molar-refractivity contribution in [3.8, 4) is 5.75 Å². The molecule has 0 unspecified atom stereocenters. The number of piperazine rings is 1. The highest BCUT2D eigenvalue weighted by molar-refractivity contribution is 7.92. The molecule has 0 spiro atoms. The number of sulfone groups is 1. The quantitative estimate of drug-likeness (QED) is 0.227. The van der Waals surface area contributed by atoms with Gasteiger partial charge in [0, 0.05) is 69.8 Å². The van der Waals surface area contributed by atoms with Crippen LogP contribution >= 0.6 is 0 Å². The number of nitrogens with one attached hydrogen (secondary N) is 3. The number of aromatic amines is 1. The highest BCUT2D eigenvalue weighted by atomic mass is 32.2. The number of piperidine rings is 1. The van der Waals surface area contributed by atoms with Crippen molar-refractivity contribution in [3.05, 3.63) is 60.3 Å². The summed E-state index contributed by atoms with van der Waals surface area (Å²) < 4.78 is 31.8. The van der Waals surface area contributed by atoms with E-state index in [-0.39, 0.29) is 6.54 Å². The summed E-state index contributed by atoms with van der Waals surface area (Å²) in [6.45, 7) is 10.4. The Bertz CT molecular complexity index is 1730. The van der Waals surface area contributed by atoms with E-state index in [9.17, 15) is 8.42 Å². The number of likely N-dealkylation sites (N-methyl/N-ethyl adjacent to an activating group) is 1. The molecule has 3 N–H and O–H groups in total. The van der Waals surface area contributed by atoms with Gasteiger partial charge in [0.15, 0.2) is 15.7 Å². The minimum Gasteiger partial charge on any atom is -0.494 e. The van der Waals surface area contributed by atoms with Gasteiger partial charge in [-0.1, -0.05) is 18.2 Å². The zero-order chi connectivity index (χ0) is 31.6. The first-order valence-electron chi connectivity index (χ1n) is 15.8. The number of anilines is 4. The van der Waals surface area contributed by atoms with E-state index in [0.717, 1.165) is 61.7 Å². The first-order chi connectivity index (χ1) is 21.7. The number of rotatable bonds is 10. The number of ether oxygens (including phenoxy) is 1. The summed E-state index contributed by atoms with van der Waals surface area (Å²) in [7, 11) is 0.446. The van der Waals surface area contributed by atoms with Gasteiger partial charge in [0.05, 0.1) is 28.5 Å². The lowest BCUT2D eigenvalue weighted by atomic mass is 10.0. The maximum absolute atomic E-state index is 13.0. The molecule has 0 amide bonds. The van der Waals surface area contributed by atoms with Crippen molar-refractivity contribution in [3.63, 3.8) is 0 Å². The van der Waals surface area contributed by atoms with E-state index in [1.807, 2.05) is 30.5 Å². The molecule has 2 fully saturated rings. The zero-order valence-electron chi connectivity index (χ0n) is 26.6. The second kappa shape index (κ2) is 13.2. The summed E-state index contributed by atoms with van der Waals surface area (Å²) in [5.74, 6) is 1.70. The largest absolute Gasteiger partial charge is 0.494 e. The third kappa shape index (κ3) is 6.73. The van der Waals surface area contributed by atoms with Gasteiger partial charge in [0.2, 0.25) is 5.95 Å². The van der Waals surface area contributed by atoms with Crippen LogP contribution in [0.25, 0.3) is 11.0 Å². The van der Waals surface area contributed by atoms with Gasteiger partial charge in [-0.2, -0.15) is 4.98 Å². The van der Waals surface area contributed by atoms with Crippen LogP contribution in [-0.2, 0) is 16.4 Å². The molecule has 0 bridgehead atoms. The van der Waals surface area contributed by atoms with Gasteiger partial charge in [-0.3, -0.25) is 4.90 Å². The van der Waals surface area contributed by atoms with E-state index in [1.165, 1.54) is 12.8 Å². The SMILES string of the molecule is COc1cc(N2CCC(N3CCN(C)CC3)CC2)ccc1Nc1nc(NCc2ccccc2S(=O)(=O)C(C)C)c2[nH]ccc2n1. The van der Waals surface area contributed by atoms with Gasteiger partial charge in [0.25, 0.3) is 0 Å². The summed E-state index contributed by atoms with van der Waals surface area (Å²) in [5.41, 5.74) is 4.07. The highest BCUT2D eigenvalue weighted by Gasteiger charge is 2.27. The first kappa shape index (κ1) is 31.1. The maximum Gasteiger partial charge on any atom is 0.229 e. The highest BCUT2D eigenvalue weighted by Crippen LogP contribution is 2.34. The number of benzene rings is 2. The molecule has 0 aliphatic carbocycles. The van der Waals surface area contributed by atoms with E-state index in [1.54, 1.807) is 33.1 Å². The number of hydrogen-bond donors (Lipinski definition) is 3. The Labute approximate surface area is 265 Å². The van der Waals surface area contributed by atoms with Crippen LogP contribution in [-0.4, -0.2) is 97.9 Å². The standard InChI is InChI=1S/C33H44N8O3S/c1-23(2)45(42,43)30-8-6-5-7-24(30)22-35-32-31-28(11-14-34-31)37-33(38-32)36-27-10-9-26(21-29(27)44-4)40-15-12-25(13-16-40)41-19-17-39(3)18-20-41/h5-11,14,21,23,25,34H,12-13,15-20,22H2,1-4H3,(H2,35,36,37,38). The monoisotopic (exact) mass is 632 g/mol. The maximum atomic E-state index is 13.0. The summed E-state index contributed by atoms with van der Waals surface area (Å²) in [6, 6.07) is 15.9. The Morgan fingerprint density at radius 2 is 1.76 bits per heavy atom. The van der Waals surface area contributed by atoms with E-state index < -0.39 is 15.1 Å². The van der Waals surface area contributed by atoms with Crippen molar-refractivity contribution in [1.29, 1.82) is 0 Å². The molecule has 45 heavy (non-hydrogen) atoms. The molecular weight excluding hydrogens is 588 g/mol. The van der Waals surface area contributed by atoms with Crippen molar-refractivity contribution in [2.24, 2.45) is 0 Å². The number of methoxy groups -OCH3 is 1. The zero-order valence-corrected chi connectivity index (χ0v) is 27.4. The normalized spacial score (nSPS) is 17.2. The molecule has 240 valence electrons. The van der Waals surface area contributed by atoms with Crippen molar-refractivity contribution in [1.82, 2.24) is 24.8 Å². The second-order valence-electron chi connectivity index (χ2n) is 12.3. The van der Waals surface area contributed by atoms with Gasteiger partial charge in [-0.25, -0.2) is 13.4 Å². The predicted molar refractivity (Wildman–Crippen MR) is 181 cm³/mol. The summed E-state index contributed by atoms with van der Waals surface area (Å²) in [4.78, 5) is 20.5. The fourth-order valence-electron chi connectivity index (χ4n) is 6.27. The Kier molecular flexibility index (Phi) is 9.16. The van der Waals surface area contributed by atoms with E-state index >= 15 is 0 Å². The Balaban J connectivity index is 1.17. The third-order valence-electron chi connectivity index (χ3n) is 9.07. The molecule has 0 atom stereocenters. The Morgan fingerprint density at radius 1 is 1.00 bits per heavy atom. The molecule has 2 aromatic carbocycles. The van der Waals surface area contributed by atoms with Gasteiger partial charge >= 0.3 is 0 Å². The number of nitrogens with zero attached hydrogens (tertiary/aromatic N) is 5.